The minimum absolute atomic E-state index is 0.0378. The molecule has 2 fully saturated rings. The minimum Gasteiger partial charge on any atom is -0.391 e. The first kappa shape index (κ1) is 18.2. The summed E-state index contributed by atoms with van der Waals surface area (Å²) in [5.74, 6) is 1.16. The number of likely N-dealkylation sites (tertiary alicyclic amines) is 1. The Kier molecular flexibility index (Phi) is 5.53. The highest BCUT2D eigenvalue weighted by Gasteiger charge is 2.43. The second kappa shape index (κ2) is 8.21. The van der Waals surface area contributed by atoms with Gasteiger partial charge in [-0.25, -0.2) is 0 Å². The number of hydrogen-bond donors (Lipinski definition) is 1. The van der Waals surface area contributed by atoms with Crippen molar-refractivity contribution in [3.05, 3.63) is 48.5 Å². The van der Waals surface area contributed by atoms with Gasteiger partial charge in [-0.15, -0.1) is 0 Å². The number of aliphatic hydroxyl groups is 1. The molecule has 2 aromatic heterocycles. The van der Waals surface area contributed by atoms with Crippen LogP contribution in [0.4, 0.5) is 0 Å². The summed E-state index contributed by atoms with van der Waals surface area (Å²) in [7, 11) is 0. The second-order valence-electron chi connectivity index (χ2n) is 7.98. The summed E-state index contributed by atoms with van der Waals surface area (Å²) in [4.78, 5) is 18.8. The van der Waals surface area contributed by atoms with Crippen LogP contribution in [0.25, 0.3) is 0 Å². The molecule has 0 bridgehead atoms. The molecule has 1 aliphatic heterocycles. The molecule has 1 N–H and O–H groups in total. The first-order valence-corrected chi connectivity index (χ1v) is 10.0. The zero-order valence-electron chi connectivity index (χ0n) is 15.7. The summed E-state index contributed by atoms with van der Waals surface area (Å²) in [6.07, 6.45) is 12.2. The van der Waals surface area contributed by atoms with Gasteiger partial charge in [0.25, 0.3) is 0 Å². The van der Waals surface area contributed by atoms with Crippen molar-refractivity contribution in [3.63, 3.8) is 0 Å². The first-order chi connectivity index (χ1) is 13.2. The highest BCUT2D eigenvalue weighted by molar-refractivity contribution is 5.76. The SMILES string of the molecule is O=C(CCCCc1cccnc1)N1C[C@H]2C[C@@H](n3cccn3)[C@H](O)C[C@H]2C1. The number of nitrogens with zero attached hydrogens (tertiary/aromatic N) is 4. The van der Waals surface area contributed by atoms with Crippen molar-refractivity contribution in [2.24, 2.45) is 11.8 Å². The fourth-order valence-corrected chi connectivity index (χ4v) is 4.68. The van der Waals surface area contributed by atoms with Crippen LogP contribution in [-0.4, -0.2) is 49.9 Å². The Morgan fingerprint density at radius 2 is 2.00 bits per heavy atom. The number of aliphatic hydroxyl groups excluding tert-OH is 1. The maximum absolute atomic E-state index is 12.6. The van der Waals surface area contributed by atoms with Crippen LogP contribution in [0.15, 0.2) is 43.0 Å². The average molecular weight is 368 g/mol. The number of rotatable bonds is 6. The quantitative estimate of drug-likeness (QED) is 0.795. The van der Waals surface area contributed by atoms with E-state index in [9.17, 15) is 9.90 Å². The lowest BCUT2D eigenvalue weighted by molar-refractivity contribution is -0.130. The van der Waals surface area contributed by atoms with Crippen LogP contribution >= 0.6 is 0 Å². The number of hydrogen-bond acceptors (Lipinski definition) is 4. The van der Waals surface area contributed by atoms with Crippen molar-refractivity contribution >= 4 is 5.91 Å². The Morgan fingerprint density at radius 1 is 1.15 bits per heavy atom. The molecule has 1 saturated heterocycles. The van der Waals surface area contributed by atoms with Gasteiger partial charge in [0.1, 0.15) is 0 Å². The topological polar surface area (TPSA) is 71.2 Å². The zero-order chi connectivity index (χ0) is 18.6. The third-order valence-corrected chi connectivity index (χ3v) is 6.16. The van der Waals surface area contributed by atoms with E-state index in [2.05, 4.69) is 16.1 Å². The van der Waals surface area contributed by atoms with Crippen molar-refractivity contribution in [1.29, 1.82) is 0 Å². The van der Waals surface area contributed by atoms with Gasteiger partial charge in [0.2, 0.25) is 5.91 Å². The molecule has 4 atom stereocenters. The predicted molar refractivity (Wildman–Crippen MR) is 102 cm³/mol. The predicted octanol–water partition coefficient (Wildman–Crippen LogP) is 2.46. The lowest BCUT2D eigenvalue weighted by atomic mass is 9.77. The number of pyridine rings is 1. The van der Waals surface area contributed by atoms with E-state index in [0.717, 1.165) is 45.2 Å². The molecular formula is C21H28N4O2. The number of aryl methyl sites for hydroxylation is 1. The van der Waals surface area contributed by atoms with Gasteiger partial charge in [-0.3, -0.25) is 14.5 Å². The van der Waals surface area contributed by atoms with E-state index in [4.69, 9.17) is 0 Å². The Labute approximate surface area is 160 Å². The highest BCUT2D eigenvalue weighted by Crippen LogP contribution is 2.41. The highest BCUT2D eigenvalue weighted by atomic mass is 16.3. The summed E-state index contributed by atoms with van der Waals surface area (Å²) in [5.41, 5.74) is 1.23. The molecule has 1 saturated carbocycles. The monoisotopic (exact) mass is 368 g/mol. The van der Waals surface area contributed by atoms with Crippen molar-refractivity contribution in [2.75, 3.05) is 13.1 Å². The largest absolute Gasteiger partial charge is 0.391 e. The van der Waals surface area contributed by atoms with Crippen LogP contribution in [0.5, 0.6) is 0 Å². The third-order valence-electron chi connectivity index (χ3n) is 6.16. The fraction of sp³-hybridized carbons (Fsp3) is 0.571. The van der Waals surface area contributed by atoms with E-state index in [0.29, 0.717) is 18.3 Å². The molecule has 0 radical (unpaired) electrons. The number of unbranched alkanes of at least 4 members (excludes halogenated alkanes) is 1. The van der Waals surface area contributed by atoms with Gasteiger partial charge >= 0.3 is 0 Å². The lowest BCUT2D eigenvalue weighted by Gasteiger charge is -2.35. The lowest BCUT2D eigenvalue weighted by Crippen LogP contribution is -2.36. The molecule has 27 heavy (non-hydrogen) atoms. The standard InChI is InChI=1S/C21H28N4O2/c26-20-12-18-15-24(14-17(18)11-19(20)25-10-4-9-23-25)21(27)7-2-1-5-16-6-3-8-22-13-16/h3-4,6,8-10,13,17-20,26H,1-2,5,7,11-12,14-15H2/t17-,18+,19-,20-/m1/s1. The van der Waals surface area contributed by atoms with E-state index in [-0.39, 0.29) is 18.1 Å². The fourth-order valence-electron chi connectivity index (χ4n) is 4.68. The van der Waals surface area contributed by atoms with Crippen LogP contribution in [0.3, 0.4) is 0 Å². The minimum atomic E-state index is -0.374. The van der Waals surface area contributed by atoms with E-state index in [1.807, 2.05) is 34.1 Å². The molecule has 2 aromatic rings. The van der Waals surface area contributed by atoms with Crippen molar-refractivity contribution in [3.8, 4) is 0 Å². The molecule has 2 aliphatic rings. The summed E-state index contributed by atoms with van der Waals surface area (Å²) >= 11 is 0. The first-order valence-electron chi connectivity index (χ1n) is 10.0. The zero-order valence-corrected chi connectivity index (χ0v) is 15.7. The summed E-state index contributed by atoms with van der Waals surface area (Å²) in [6.45, 7) is 1.63. The van der Waals surface area contributed by atoms with Gasteiger partial charge in [0, 0.05) is 44.3 Å². The van der Waals surface area contributed by atoms with Crippen molar-refractivity contribution in [2.45, 2.75) is 50.7 Å². The Hall–Kier alpha value is -2.21. The summed E-state index contributed by atoms with van der Waals surface area (Å²) < 4.78 is 1.88. The molecule has 6 nitrogen and oxygen atoms in total. The van der Waals surface area contributed by atoms with Gasteiger partial charge in [0.05, 0.1) is 12.1 Å². The molecular weight excluding hydrogens is 340 g/mol. The van der Waals surface area contributed by atoms with Crippen molar-refractivity contribution in [1.82, 2.24) is 19.7 Å². The van der Waals surface area contributed by atoms with Crippen molar-refractivity contribution < 1.29 is 9.90 Å². The number of fused-ring (bicyclic) bond motifs is 1. The van der Waals surface area contributed by atoms with Crippen LogP contribution in [0.1, 0.15) is 43.7 Å². The van der Waals surface area contributed by atoms with Gasteiger partial charge in [-0.05, 0) is 61.6 Å². The smallest absolute Gasteiger partial charge is 0.222 e. The molecule has 1 amide bonds. The van der Waals surface area contributed by atoms with E-state index in [1.165, 1.54) is 5.56 Å². The third kappa shape index (κ3) is 4.21. The van der Waals surface area contributed by atoms with Gasteiger partial charge in [-0.2, -0.15) is 5.10 Å². The van der Waals surface area contributed by atoms with E-state index in [1.54, 1.807) is 12.4 Å². The number of amides is 1. The van der Waals surface area contributed by atoms with Gasteiger partial charge < -0.3 is 10.0 Å². The molecule has 4 rings (SSSR count). The van der Waals surface area contributed by atoms with Gasteiger partial charge in [0.15, 0.2) is 0 Å². The van der Waals surface area contributed by atoms with E-state index >= 15 is 0 Å². The maximum Gasteiger partial charge on any atom is 0.222 e. The summed E-state index contributed by atoms with van der Waals surface area (Å²) in [5, 5.41) is 14.8. The molecule has 0 unspecified atom stereocenters. The van der Waals surface area contributed by atoms with Crippen LogP contribution in [-0.2, 0) is 11.2 Å². The summed E-state index contributed by atoms with van der Waals surface area (Å²) in [6, 6.07) is 5.98. The number of aromatic nitrogens is 3. The van der Waals surface area contributed by atoms with E-state index < -0.39 is 0 Å². The normalized spacial score (nSPS) is 27.5. The molecule has 0 spiro atoms. The molecule has 0 aromatic carbocycles. The molecule has 1 aliphatic carbocycles. The maximum atomic E-state index is 12.6. The molecule has 6 heteroatoms. The van der Waals surface area contributed by atoms with Crippen LogP contribution in [0, 0.1) is 11.8 Å². The van der Waals surface area contributed by atoms with Crippen LogP contribution in [0.2, 0.25) is 0 Å². The second-order valence-corrected chi connectivity index (χ2v) is 7.98. The molecule has 3 heterocycles. The Morgan fingerprint density at radius 3 is 2.74 bits per heavy atom. The number of carbonyl (C=O) groups is 1. The number of carbonyl (C=O) groups excluding carboxylic acids is 1. The van der Waals surface area contributed by atoms with Crippen LogP contribution < -0.4 is 0 Å². The average Bonchev–Trinajstić information content (AvgIpc) is 3.34. The van der Waals surface area contributed by atoms with Gasteiger partial charge in [-0.1, -0.05) is 6.07 Å². The molecule has 144 valence electrons. The Balaban J connectivity index is 1.24. The Bertz CT molecular complexity index is 734.